The summed E-state index contributed by atoms with van der Waals surface area (Å²) < 4.78 is 6.95. The van der Waals surface area contributed by atoms with E-state index in [2.05, 4.69) is 30.9 Å². The van der Waals surface area contributed by atoms with Gasteiger partial charge in [-0.1, -0.05) is 34.1 Å². The third-order valence-corrected chi connectivity index (χ3v) is 5.12. The van der Waals surface area contributed by atoms with Crippen molar-refractivity contribution in [2.24, 2.45) is 4.99 Å². The fourth-order valence-electron chi connectivity index (χ4n) is 3.23. The maximum Gasteiger partial charge on any atom is 0.270 e. The lowest BCUT2D eigenvalue weighted by atomic mass is 10.1. The normalized spacial score (nSPS) is 12.0. The number of halogens is 1. The predicted octanol–water partition coefficient (Wildman–Crippen LogP) is 5.88. The molecule has 0 spiro atoms. The molecule has 0 atom stereocenters. The van der Waals surface area contributed by atoms with Gasteiger partial charge in [-0.15, -0.1) is 0 Å². The Labute approximate surface area is 178 Å². The SMILES string of the molecule is O=[N+]([O-])c1ccc2oc(=Nc3cccc(Br)c3)c(-c3nc4ccccc4[nH]3)cc2c1. The van der Waals surface area contributed by atoms with Crippen LogP contribution in [0.4, 0.5) is 11.4 Å². The van der Waals surface area contributed by atoms with E-state index in [1.807, 2.05) is 48.5 Å². The van der Waals surface area contributed by atoms with Crippen LogP contribution >= 0.6 is 15.9 Å². The molecule has 8 heteroatoms. The number of non-ortho nitro benzene ring substituents is 1. The van der Waals surface area contributed by atoms with E-state index in [1.54, 1.807) is 12.1 Å². The summed E-state index contributed by atoms with van der Waals surface area (Å²) in [5.74, 6) is 0.571. The van der Waals surface area contributed by atoms with E-state index in [4.69, 9.17) is 4.42 Å². The Morgan fingerprint density at radius 1 is 1.03 bits per heavy atom. The number of rotatable bonds is 3. The number of aromatic amines is 1. The minimum Gasteiger partial charge on any atom is -0.438 e. The lowest BCUT2D eigenvalue weighted by Gasteiger charge is -2.03. The second-order valence-electron chi connectivity index (χ2n) is 6.64. The second-order valence-corrected chi connectivity index (χ2v) is 7.55. The van der Waals surface area contributed by atoms with Gasteiger partial charge in [0.1, 0.15) is 11.4 Å². The molecule has 5 aromatic rings. The monoisotopic (exact) mass is 460 g/mol. The highest BCUT2D eigenvalue weighted by molar-refractivity contribution is 9.10. The summed E-state index contributed by atoms with van der Waals surface area (Å²) in [7, 11) is 0. The van der Waals surface area contributed by atoms with E-state index in [1.165, 1.54) is 12.1 Å². The van der Waals surface area contributed by atoms with Crippen molar-refractivity contribution in [3.63, 3.8) is 0 Å². The van der Waals surface area contributed by atoms with Crippen LogP contribution in [0.5, 0.6) is 0 Å². The van der Waals surface area contributed by atoms with Gasteiger partial charge in [-0.3, -0.25) is 10.1 Å². The summed E-state index contributed by atoms with van der Waals surface area (Å²) in [6.45, 7) is 0. The van der Waals surface area contributed by atoms with Crippen LogP contribution in [0.15, 0.2) is 86.7 Å². The van der Waals surface area contributed by atoms with Crippen LogP contribution < -0.4 is 5.55 Å². The van der Waals surface area contributed by atoms with Crippen LogP contribution in [0, 0.1) is 10.1 Å². The van der Waals surface area contributed by atoms with Crippen molar-refractivity contribution in [1.82, 2.24) is 9.97 Å². The number of hydrogen-bond acceptors (Lipinski definition) is 5. The van der Waals surface area contributed by atoms with Gasteiger partial charge in [0, 0.05) is 22.0 Å². The Hall–Kier alpha value is -3.78. The van der Waals surface area contributed by atoms with Gasteiger partial charge in [-0.2, -0.15) is 0 Å². The number of imidazole rings is 1. The highest BCUT2D eigenvalue weighted by Crippen LogP contribution is 2.26. The number of nitro groups is 1. The molecule has 30 heavy (non-hydrogen) atoms. The number of aromatic nitrogens is 2. The number of H-pyrrole nitrogens is 1. The molecular formula is C22H13BrN4O3. The number of para-hydroxylation sites is 2. The number of benzene rings is 3. The molecule has 0 saturated carbocycles. The third kappa shape index (κ3) is 3.37. The van der Waals surface area contributed by atoms with Crippen LogP contribution in [0.25, 0.3) is 33.4 Å². The van der Waals surface area contributed by atoms with Crippen molar-refractivity contribution in [1.29, 1.82) is 0 Å². The Kier molecular flexibility index (Phi) is 4.40. The standard InChI is InChI=1S/C22H13BrN4O3/c23-14-4-3-5-15(12-14)24-22-17(21-25-18-6-1-2-7-19(18)26-21)11-13-10-16(27(28)29)8-9-20(13)30-22/h1-12H,(H,25,26). The van der Waals surface area contributed by atoms with Gasteiger partial charge < -0.3 is 9.40 Å². The summed E-state index contributed by atoms with van der Waals surface area (Å²) in [6.07, 6.45) is 0. The van der Waals surface area contributed by atoms with Crippen molar-refractivity contribution in [2.45, 2.75) is 0 Å². The highest BCUT2D eigenvalue weighted by Gasteiger charge is 2.14. The van der Waals surface area contributed by atoms with Crippen molar-refractivity contribution in [3.05, 3.63) is 92.9 Å². The largest absolute Gasteiger partial charge is 0.438 e. The van der Waals surface area contributed by atoms with Crippen LogP contribution in [-0.2, 0) is 0 Å². The minimum absolute atomic E-state index is 0.00932. The van der Waals surface area contributed by atoms with Gasteiger partial charge in [0.05, 0.1) is 27.2 Å². The molecule has 0 aliphatic rings. The Morgan fingerprint density at radius 3 is 2.70 bits per heavy atom. The first-order valence-electron chi connectivity index (χ1n) is 9.04. The third-order valence-electron chi connectivity index (χ3n) is 4.62. The molecule has 0 fully saturated rings. The molecule has 0 aliphatic heterocycles. The van der Waals surface area contributed by atoms with Gasteiger partial charge in [0.15, 0.2) is 0 Å². The molecule has 7 nitrogen and oxygen atoms in total. The van der Waals surface area contributed by atoms with Crippen molar-refractivity contribution in [3.8, 4) is 11.4 Å². The van der Waals surface area contributed by atoms with E-state index in [-0.39, 0.29) is 5.69 Å². The van der Waals surface area contributed by atoms with E-state index >= 15 is 0 Å². The fourth-order valence-corrected chi connectivity index (χ4v) is 3.61. The van der Waals surface area contributed by atoms with Crippen molar-refractivity contribution < 1.29 is 9.34 Å². The number of nitro benzene ring substituents is 1. The van der Waals surface area contributed by atoms with E-state index < -0.39 is 4.92 Å². The van der Waals surface area contributed by atoms with Crippen LogP contribution in [0.3, 0.4) is 0 Å². The fraction of sp³-hybridized carbons (Fsp3) is 0. The number of hydrogen-bond donors (Lipinski definition) is 1. The first-order chi connectivity index (χ1) is 14.6. The smallest absolute Gasteiger partial charge is 0.270 e. The molecule has 0 saturated heterocycles. The summed E-state index contributed by atoms with van der Waals surface area (Å²) in [5.41, 5.74) is 3.83. The molecule has 2 aromatic heterocycles. The van der Waals surface area contributed by atoms with Crippen LogP contribution in [-0.4, -0.2) is 14.9 Å². The predicted molar refractivity (Wildman–Crippen MR) is 117 cm³/mol. The molecule has 0 amide bonds. The maximum absolute atomic E-state index is 11.2. The molecule has 0 bridgehead atoms. The van der Waals surface area contributed by atoms with E-state index in [0.717, 1.165) is 15.5 Å². The summed E-state index contributed by atoms with van der Waals surface area (Å²) in [4.78, 5) is 23.4. The van der Waals surface area contributed by atoms with Crippen LogP contribution in [0.2, 0.25) is 0 Å². The summed E-state index contributed by atoms with van der Waals surface area (Å²) in [6, 6.07) is 21.5. The average molecular weight is 461 g/mol. The van der Waals surface area contributed by atoms with Crippen molar-refractivity contribution in [2.75, 3.05) is 0 Å². The molecular weight excluding hydrogens is 448 g/mol. The number of nitrogens with one attached hydrogen (secondary N) is 1. The lowest BCUT2D eigenvalue weighted by Crippen LogP contribution is -2.06. The van der Waals surface area contributed by atoms with Gasteiger partial charge in [0.2, 0.25) is 5.55 Å². The molecule has 146 valence electrons. The van der Waals surface area contributed by atoms with Crippen LogP contribution in [0.1, 0.15) is 0 Å². The van der Waals surface area contributed by atoms with Gasteiger partial charge in [-0.25, -0.2) is 9.98 Å². The zero-order chi connectivity index (χ0) is 20.7. The number of fused-ring (bicyclic) bond motifs is 2. The first kappa shape index (κ1) is 18.3. The maximum atomic E-state index is 11.2. The molecule has 0 aliphatic carbocycles. The molecule has 0 radical (unpaired) electrons. The zero-order valence-electron chi connectivity index (χ0n) is 15.4. The van der Waals surface area contributed by atoms with E-state index in [9.17, 15) is 10.1 Å². The first-order valence-corrected chi connectivity index (χ1v) is 9.84. The Morgan fingerprint density at radius 2 is 1.90 bits per heavy atom. The van der Waals surface area contributed by atoms with E-state index in [0.29, 0.717) is 33.6 Å². The second kappa shape index (κ2) is 7.23. The molecule has 2 heterocycles. The molecule has 5 rings (SSSR count). The van der Waals surface area contributed by atoms with Gasteiger partial charge in [-0.05, 0) is 42.5 Å². The molecule has 1 N–H and O–H groups in total. The topological polar surface area (TPSA) is 97.3 Å². The zero-order valence-corrected chi connectivity index (χ0v) is 17.0. The van der Waals surface area contributed by atoms with Gasteiger partial charge >= 0.3 is 0 Å². The quantitative estimate of drug-likeness (QED) is 0.268. The molecule has 3 aromatic carbocycles. The van der Waals surface area contributed by atoms with Gasteiger partial charge in [0.25, 0.3) is 5.69 Å². The minimum atomic E-state index is -0.430. The summed E-state index contributed by atoms with van der Waals surface area (Å²) >= 11 is 3.45. The Bertz CT molecular complexity index is 1470. The Balaban J connectivity index is 1.81. The number of nitrogens with zero attached hydrogens (tertiary/aromatic N) is 3. The van der Waals surface area contributed by atoms with Crippen molar-refractivity contribution >= 4 is 49.3 Å². The lowest BCUT2D eigenvalue weighted by molar-refractivity contribution is -0.384. The highest BCUT2D eigenvalue weighted by atomic mass is 79.9. The molecule has 0 unspecified atom stereocenters. The summed E-state index contributed by atoms with van der Waals surface area (Å²) in [5, 5.41) is 11.8. The average Bonchev–Trinajstić information content (AvgIpc) is 3.17.